The van der Waals surface area contributed by atoms with Gasteiger partial charge in [-0.1, -0.05) is 23.8 Å². The minimum atomic E-state index is 0.547. The highest BCUT2D eigenvalue weighted by molar-refractivity contribution is 7.98. The van der Waals surface area contributed by atoms with E-state index in [0.717, 1.165) is 17.9 Å². The van der Waals surface area contributed by atoms with Gasteiger partial charge >= 0.3 is 0 Å². The summed E-state index contributed by atoms with van der Waals surface area (Å²) in [7, 11) is 0. The van der Waals surface area contributed by atoms with E-state index in [2.05, 4.69) is 25.3 Å². The van der Waals surface area contributed by atoms with Gasteiger partial charge in [0.1, 0.15) is 17.3 Å². The normalized spacial score (nSPS) is 11.5. The van der Waals surface area contributed by atoms with Crippen LogP contribution in [0.1, 0.15) is 36.0 Å². The molecule has 0 radical (unpaired) electrons. The third-order valence-corrected chi connectivity index (χ3v) is 3.63. The number of aryl methyl sites for hydroxylation is 2. The molecule has 1 N–H and O–H groups in total. The molecular weight excluding hydrogens is 302 g/mol. The topological polar surface area (TPSA) is 93.6 Å². The summed E-state index contributed by atoms with van der Waals surface area (Å²) in [6.07, 6.45) is 4.42. The molecule has 114 valence electrons. The third-order valence-electron chi connectivity index (χ3n) is 2.80. The number of aromatic amines is 1. The van der Waals surface area contributed by atoms with E-state index in [1.807, 2.05) is 38.1 Å². The van der Waals surface area contributed by atoms with Crippen LogP contribution in [-0.2, 0) is 12.2 Å². The Bertz CT molecular complexity index is 774. The van der Waals surface area contributed by atoms with Gasteiger partial charge in [-0.3, -0.25) is 5.10 Å². The molecule has 0 aliphatic heterocycles. The molecule has 0 fully saturated rings. The molecule has 0 bridgehead atoms. The number of hydrogen-bond acceptors (Lipinski definition) is 7. The second-order valence-corrected chi connectivity index (χ2v) is 5.47. The van der Waals surface area contributed by atoms with E-state index in [4.69, 9.17) is 8.94 Å². The molecule has 3 heterocycles. The van der Waals surface area contributed by atoms with Crippen molar-refractivity contribution in [1.29, 1.82) is 0 Å². The average molecular weight is 317 g/mol. The van der Waals surface area contributed by atoms with E-state index in [1.54, 1.807) is 0 Å². The Labute approximate surface area is 131 Å². The number of rotatable bonds is 6. The Hall–Kier alpha value is -2.35. The Morgan fingerprint density at radius 2 is 2.18 bits per heavy atom. The first kappa shape index (κ1) is 14.6. The van der Waals surface area contributed by atoms with Gasteiger partial charge in [-0.2, -0.15) is 4.98 Å². The zero-order valence-corrected chi connectivity index (χ0v) is 13.1. The predicted molar refractivity (Wildman–Crippen MR) is 82.0 cm³/mol. The molecule has 0 aromatic carbocycles. The molecule has 22 heavy (non-hydrogen) atoms. The van der Waals surface area contributed by atoms with Gasteiger partial charge in [-0.25, -0.2) is 4.98 Å². The van der Waals surface area contributed by atoms with Crippen LogP contribution in [0.5, 0.6) is 0 Å². The molecule has 0 saturated heterocycles. The van der Waals surface area contributed by atoms with Crippen LogP contribution >= 0.6 is 11.8 Å². The van der Waals surface area contributed by atoms with Crippen LogP contribution in [0.15, 0.2) is 26.2 Å². The standard InChI is InChI=1S/C14H15N5O2S/c1-3-11-15-13(21-19-11)8-22-14-16-12(17-18-14)7-6-10-5-4-9(2)20-10/h4-7H,3,8H2,1-2H3,(H,16,17,18)/b7-6+. The molecule has 0 saturated carbocycles. The zero-order valence-electron chi connectivity index (χ0n) is 12.2. The first-order chi connectivity index (χ1) is 10.7. The van der Waals surface area contributed by atoms with Crippen LogP contribution < -0.4 is 0 Å². The maximum Gasteiger partial charge on any atom is 0.237 e. The Balaban J connectivity index is 1.57. The van der Waals surface area contributed by atoms with Crippen molar-refractivity contribution in [2.75, 3.05) is 0 Å². The van der Waals surface area contributed by atoms with Crippen molar-refractivity contribution < 1.29 is 8.94 Å². The lowest BCUT2D eigenvalue weighted by molar-refractivity contribution is 0.385. The molecule has 3 aromatic heterocycles. The number of nitrogens with one attached hydrogen (secondary N) is 1. The molecular formula is C14H15N5O2S. The smallest absolute Gasteiger partial charge is 0.237 e. The second-order valence-electron chi connectivity index (χ2n) is 4.53. The Morgan fingerprint density at radius 1 is 1.27 bits per heavy atom. The molecule has 0 atom stereocenters. The summed E-state index contributed by atoms with van der Waals surface area (Å²) in [5, 5.41) is 11.5. The van der Waals surface area contributed by atoms with Gasteiger partial charge in [-0.05, 0) is 31.2 Å². The van der Waals surface area contributed by atoms with Crippen molar-refractivity contribution in [3.63, 3.8) is 0 Å². The Kier molecular flexibility index (Phi) is 4.38. The number of aromatic nitrogens is 5. The lowest BCUT2D eigenvalue weighted by atomic mass is 10.4. The van der Waals surface area contributed by atoms with Crippen molar-refractivity contribution in [2.45, 2.75) is 31.2 Å². The van der Waals surface area contributed by atoms with Gasteiger partial charge in [0.25, 0.3) is 0 Å². The van der Waals surface area contributed by atoms with Crippen molar-refractivity contribution >= 4 is 23.9 Å². The zero-order chi connectivity index (χ0) is 15.4. The molecule has 7 nitrogen and oxygen atoms in total. The number of H-pyrrole nitrogens is 1. The SMILES string of the molecule is CCc1noc(CSc2n[nH]c(/C=C/c3ccc(C)o3)n2)n1. The molecule has 0 spiro atoms. The largest absolute Gasteiger partial charge is 0.462 e. The molecule has 0 amide bonds. The summed E-state index contributed by atoms with van der Waals surface area (Å²) in [6, 6.07) is 3.81. The van der Waals surface area contributed by atoms with Gasteiger partial charge in [0.2, 0.25) is 11.0 Å². The van der Waals surface area contributed by atoms with E-state index < -0.39 is 0 Å². The van der Waals surface area contributed by atoms with Gasteiger partial charge in [-0.15, -0.1) is 5.10 Å². The van der Waals surface area contributed by atoms with Crippen LogP contribution in [0, 0.1) is 6.92 Å². The maximum absolute atomic E-state index is 5.45. The van der Waals surface area contributed by atoms with E-state index in [1.165, 1.54) is 11.8 Å². The van der Waals surface area contributed by atoms with Gasteiger partial charge < -0.3 is 8.94 Å². The van der Waals surface area contributed by atoms with E-state index in [0.29, 0.717) is 28.4 Å². The summed E-state index contributed by atoms with van der Waals surface area (Å²) in [5.41, 5.74) is 0. The number of hydrogen-bond donors (Lipinski definition) is 1. The summed E-state index contributed by atoms with van der Waals surface area (Å²) >= 11 is 1.44. The van der Waals surface area contributed by atoms with E-state index in [9.17, 15) is 0 Å². The fourth-order valence-corrected chi connectivity index (χ4v) is 2.36. The van der Waals surface area contributed by atoms with Crippen molar-refractivity contribution in [1.82, 2.24) is 25.3 Å². The third kappa shape index (κ3) is 3.64. The van der Waals surface area contributed by atoms with Gasteiger partial charge in [0.15, 0.2) is 5.82 Å². The quantitative estimate of drug-likeness (QED) is 0.698. The van der Waals surface area contributed by atoms with Crippen molar-refractivity contribution in [3.05, 3.63) is 41.2 Å². The Morgan fingerprint density at radius 3 is 2.91 bits per heavy atom. The minimum Gasteiger partial charge on any atom is -0.462 e. The summed E-state index contributed by atoms with van der Waals surface area (Å²) < 4.78 is 10.6. The van der Waals surface area contributed by atoms with Crippen molar-refractivity contribution in [3.8, 4) is 0 Å². The first-order valence-electron chi connectivity index (χ1n) is 6.84. The molecule has 0 unspecified atom stereocenters. The summed E-state index contributed by atoms with van der Waals surface area (Å²) in [5.74, 6) is 4.15. The predicted octanol–water partition coefficient (Wildman–Crippen LogP) is 3.11. The minimum absolute atomic E-state index is 0.547. The lowest BCUT2D eigenvalue weighted by Crippen LogP contribution is -1.85. The first-order valence-corrected chi connectivity index (χ1v) is 7.82. The van der Waals surface area contributed by atoms with Gasteiger partial charge in [0.05, 0.1) is 5.75 Å². The summed E-state index contributed by atoms with van der Waals surface area (Å²) in [6.45, 7) is 3.89. The highest BCUT2D eigenvalue weighted by Gasteiger charge is 2.08. The monoisotopic (exact) mass is 317 g/mol. The maximum atomic E-state index is 5.45. The molecule has 0 aliphatic rings. The van der Waals surface area contributed by atoms with Crippen LogP contribution in [0.4, 0.5) is 0 Å². The number of thioether (sulfide) groups is 1. The van der Waals surface area contributed by atoms with Crippen LogP contribution in [-0.4, -0.2) is 25.3 Å². The average Bonchev–Trinajstić information content (AvgIpc) is 3.24. The van der Waals surface area contributed by atoms with Gasteiger partial charge in [0, 0.05) is 6.42 Å². The van der Waals surface area contributed by atoms with E-state index in [-0.39, 0.29) is 0 Å². The molecule has 8 heteroatoms. The number of furan rings is 1. The number of nitrogens with zero attached hydrogens (tertiary/aromatic N) is 4. The highest BCUT2D eigenvalue weighted by atomic mass is 32.2. The van der Waals surface area contributed by atoms with E-state index >= 15 is 0 Å². The van der Waals surface area contributed by atoms with Crippen LogP contribution in [0.2, 0.25) is 0 Å². The van der Waals surface area contributed by atoms with Crippen molar-refractivity contribution in [2.24, 2.45) is 0 Å². The van der Waals surface area contributed by atoms with Crippen LogP contribution in [0.25, 0.3) is 12.2 Å². The molecule has 3 aromatic rings. The summed E-state index contributed by atoms with van der Waals surface area (Å²) in [4.78, 5) is 8.59. The lowest BCUT2D eigenvalue weighted by Gasteiger charge is -1.89. The molecule has 0 aliphatic carbocycles. The molecule has 3 rings (SSSR count). The fraction of sp³-hybridized carbons (Fsp3) is 0.286. The second kappa shape index (κ2) is 6.61. The van der Waals surface area contributed by atoms with Crippen LogP contribution in [0.3, 0.4) is 0 Å². The highest BCUT2D eigenvalue weighted by Crippen LogP contribution is 2.18. The fourth-order valence-electron chi connectivity index (χ4n) is 1.72.